The molecule has 5 nitrogen and oxygen atoms in total. The molecular weight excluding hydrogens is 264 g/mol. The van der Waals surface area contributed by atoms with E-state index >= 15 is 0 Å². The molecule has 3 aromatic rings. The van der Waals surface area contributed by atoms with Crippen molar-refractivity contribution in [3.8, 4) is 11.5 Å². The lowest BCUT2D eigenvalue weighted by Gasteiger charge is -2.16. The van der Waals surface area contributed by atoms with Gasteiger partial charge < -0.3 is 10.3 Å². The van der Waals surface area contributed by atoms with Crippen LogP contribution in [0.1, 0.15) is 11.3 Å². The third-order valence-electron chi connectivity index (χ3n) is 3.84. The van der Waals surface area contributed by atoms with E-state index in [1.54, 1.807) is 6.20 Å². The SMILES string of the molecule is O=c1[nH]c(-c2nccc3ccccc23)nc2c1CNCC2. The van der Waals surface area contributed by atoms with Gasteiger partial charge in [-0.25, -0.2) is 4.98 Å². The number of aromatic amines is 1. The Labute approximate surface area is 121 Å². The van der Waals surface area contributed by atoms with E-state index in [0.29, 0.717) is 12.4 Å². The first-order valence-electron chi connectivity index (χ1n) is 7.00. The zero-order chi connectivity index (χ0) is 14.2. The van der Waals surface area contributed by atoms with Gasteiger partial charge in [0.1, 0.15) is 5.69 Å². The number of fused-ring (bicyclic) bond motifs is 2. The van der Waals surface area contributed by atoms with Gasteiger partial charge in [-0.2, -0.15) is 0 Å². The third kappa shape index (κ3) is 2.02. The zero-order valence-corrected chi connectivity index (χ0v) is 11.4. The Bertz CT molecular complexity index is 880. The second kappa shape index (κ2) is 4.79. The second-order valence-electron chi connectivity index (χ2n) is 5.15. The molecule has 2 aromatic heterocycles. The summed E-state index contributed by atoms with van der Waals surface area (Å²) in [6.07, 6.45) is 2.52. The molecule has 0 amide bonds. The van der Waals surface area contributed by atoms with E-state index in [2.05, 4.69) is 20.3 Å². The Hall–Kier alpha value is -2.53. The highest BCUT2D eigenvalue weighted by atomic mass is 16.1. The van der Waals surface area contributed by atoms with E-state index in [-0.39, 0.29) is 5.56 Å². The van der Waals surface area contributed by atoms with Gasteiger partial charge in [-0.3, -0.25) is 9.78 Å². The number of hydrogen-bond acceptors (Lipinski definition) is 4. The Morgan fingerprint density at radius 3 is 3.00 bits per heavy atom. The molecule has 5 heteroatoms. The molecular formula is C16H14N4O. The number of pyridine rings is 1. The molecule has 2 N–H and O–H groups in total. The highest BCUT2D eigenvalue weighted by Gasteiger charge is 2.17. The van der Waals surface area contributed by atoms with Crippen LogP contribution in [0.15, 0.2) is 41.3 Å². The third-order valence-corrected chi connectivity index (χ3v) is 3.84. The summed E-state index contributed by atoms with van der Waals surface area (Å²) in [6, 6.07) is 9.94. The Kier molecular flexibility index (Phi) is 2.79. The van der Waals surface area contributed by atoms with Crippen LogP contribution in [0, 0.1) is 0 Å². The van der Waals surface area contributed by atoms with Crippen LogP contribution >= 0.6 is 0 Å². The fraction of sp³-hybridized carbons (Fsp3) is 0.188. The van der Waals surface area contributed by atoms with Crippen LogP contribution in [0.3, 0.4) is 0 Å². The molecule has 0 fully saturated rings. The van der Waals surface area contributed by atoms with Gasteiger partial charge in [-0.1, -0.05) is 24.3 Å². The van der Waals surface area contributed by atoms with Crippen LogP contribution in [0.5, 0.6) is 0 Å². The van der Waals surface area contributed by atoms with Crippen LogP contribution in [0.25, 0.3) is 22.3 Å². The summed E-state index contributed by atoms with van der Waals surface area (Å²) in [5, 5.41) is 5.28. The molecule has 0 bridgehead atoms. The van der Waals surface area contributed by atoms with E-state index in [9.17, 15) is 4.79 Å². The molecule has 0 saturated carbocycles. The lowest BCUT2D eigenvalue weighted by molar-refractivity contribution is 0.621. The van der Waals surface area contributed by atoms with Crippen molar-refractivity contribution in [1.29, 1.82) is 0 Å². The molecule has 4 rings (SSSR count). The maximum Gasteiger partial charge on any atom is 0.255 e. The minimum atomic E-state index is -0.0723. The highest BCUT2D eigenvalue weighted by molar-refractivity contribution is 5.92. The first kappa shape index (κ1) is 12.2. The van der Waals surface area contributed by atoms with Crippen molar-refractivity contribution >= 4 is 10.8 Å². The Morgan fingerprint density at radius 2 is 2.05 bits per heavy atom. The molecule has 1 aliphatic heterocycles. The van der Waals surface area contributed by atoms with Crippen LogP contribution in [0.2, 0.25) is 0 Å². The van der Waals surface area contributed by atoms with E-state index in [1.165, 1.54) is 0 Å². The average Bonchev–Trinajstić information content (AvgIpc) is 2.54. The standard InChI is InChI=1S/C16H14N4O/c21-16-12-9-17-7-6-13(12)19-15(20-16)14-11-4-2-1-3-10(11)5-8-18-14/h1-5,8,17H,6-7,9H2,(H,19,20,21). The maximum absolute atomic E-state index is 12.2. The minimum absolute atomic E-state index is 0.0723. The number of nitrogens with zero attached hydrogens (tertiary/aromatic N) is 2. The van der Waals surface area contributed by atoms with Crippen molar-refractivity contribution in [2.24, 2.45) is 0 Å². The van der Waals surface area contributed by atoms with Crippen molar-refractivity contribution in [2.75, 3.05) is 6.54 Å². The van der Waals surface area contributed by atoms with Crippen LogP contribution < -0.4 is 10.9 Å². The fourth-order valence-corrected chi connectivity index (χ4v) is 2.77. The number of H-pyrrole nitrogens is 1. The minimum Gasteiger partial charge on any atom is -0.312 e. The molecule has 1 aliphatic rings. The second-order valence-corrected chi connectivity index (χ2v) is 5.15. The van der Waals surface area contributed by atoms with Crippen LogP contribution in [-0.4, -0.2) is 21.5 Å². The highest BCUT2D eigenvalue weighted by Crippen LogP contribution is 2.23. The summed E-state index contributed by atoms with van der Waals surface area (Å²) in [7, 11) is 0. The quantitative estimate of drug-likeness (QED) is 0.710. The van der Waals surface area contributed by atoms with Gasteiger partial charge in [0, 0.05) is 31.1 Å². The first-order chi connectivity index (χ1) is 10.3. The van der Waals surface area contributed by atoms with Crippen LogP contribution in [-0.2, 0) is 13.0 Å². The lowest BCUT2D eigenvalue weighted by Crippen LogP contribution is -2.31. The van der Waals surface area contributed by atoms with Crippen LogP contribution in [0.4, 0.5) is 0 Å². The molecule has 3 heterocycles. The van der Waals surface area contributed by atoms with E-state index in [1.807, 2.05) is 30.3 Å². The van der Waals surface area contributed by atoms with E-state index in [4.69, 9.17) is 0 Å². The number of hydrogen-bond donors (Lipinski definition) is 2. The van der Waals surface area contributed by atoms with E-state index < -0.39 is 0 Å². The zero-order valence-electron chi connectivity index (χ0n) is 11.4. The van der Waals surface area contributed by atoms with Gasteiger partial charge in [0.05, 0.1) is 11.3 Å². The van der Waals surface area contributed by atoms with Gasteiger partial charge in [0.2, 0.25) is 0 Å². The van der Waals surface area contributed by atoms with Gasteiger partial charge in [-0.05, 0) is 11.5 Å². The topological polar surface area (TPSA) is 70.7 Å². The lowest BCUT2D eigenvalue weighted by atomic mass is 10.1. The molecule has 1 aromatic carbocycles. The number of rotatable bonds is 1. The number of benzene rings is 1. The number of aromatic nitrogens is 3. The van der Waals surface area contributed by atoms with E-state index in [0.717, 1.165) is 40.7 Å². The number of nitrogens with one attached hydrogen (secondary N) is 2. The van der Waals surface area contributed by atoms with Crippen molar-refractivity contribution in [1.82, 2.24) is 20.3 Å². The summed E-state index contributed by atoms with van der Waals surface area (Å²) in [6.45, 7) is 1.44. The molecule has 0 spiro atoms. The predicted octanol–water partition coefficient (Wildman–Crippen LogP) is 1.63. The predicted molar refractivity (Wildman–Crippen MR) is 81.0 cm³/mol. The summed E-state index contributed by atoms with van der Waals surface area (Å²) < 4.78 is 0. The summed E-state index contributed by atoms with van der Waals surface area (Å²) >= 11 is 0. The summed E-state index contributed by atoms with van der Waals surface area (Å²) in [5.41, 5.74) is 2.27. The van der Waals surface area contributed by atoms with Gasteiger partial charge in [-0.15, -0.1) is 0 Å². The van der Waals surface area contributed by atoms with Gasteiger partial charge >= 0.3 is 0 Å². The van der Waals surface area contributed by atoms with Gasteiger partial charge in [0.15, 0.2) is 5.82 Å². The monoisotopic (exact) mass is 278 g/mol. The Balaban J connectivity index is 1.97. The van der Waals surface area contributed by atoms with Crippen molar-refractivity contribution in [3.63, 3.8) is 0 Å². The largest absolute Gasteiger partial charge is 0.312 e. The summed E-state index contributed by atoms with van der Waals surface area (Å²) in [4.78, 5) is 24.2. The van der Waals surface area contributed by atoms with Crippen molar-refractivity contribution in [3.05, 3.63) is 58.1 Å². The Morgan fingerprint density at radius 1 is 1.14 bits per heavy atom. The summed E-state index contributed by atoms with van der Waals surface area (Å²) in [5.74, 6) is 0.553. The molecule has 0 atom stereocenters. The molecule has 104 valence electrons. The normalized spacial score (nSPS) is 14.1. The van der Waals surface area contributed by atoms with Gasteiger partial charge in [0.25, 0.3) is 5.56 Å². The fourth-order valence-electron chi connectivity index (χ4n) is 2.77. The molecule has 0 radical (unpaired) electrons. The molecule has 0 saturated heterocycles. The first-order valence-corrected chi connectivity index (χ1v) is 7.00. The smallest absolute Gasteiger partial charge is 0.255 e. The maximum atomic E-state index is 12.2. The molecule has 0 aliphatic carbocycles. The average molecular weight is 278 g/mol. The molecule has 21 heavy (non-hydrogen) atoms. The van der Waals surface area contributed by atoms with Crippen molar-refractivity contribution < 1.29 is 0 Å². The van der Waals surface area contributed by atoms with Crippen molar-refractivity contribution in [2.45, 2.75) is 13.0 Å². The molecule has 0 unspecified atom stereocenters.